The molecule has 164 valence electrons. The number of aryl methyl sites for hydroxylation is 1. The van der Waals surface area contributed by atoms with Crippen LogP contribution in [-0.4, -0.2) is 31.7 Å². The van der Waals surface area contributed by atoms with Gasteiger partial charge >= 0.3 is 5.97 Å². The summed E-state index contributed by atoms with van der Waals surface area (Å²) in [6, 6.07) is 11.3. The van der Waals surface area contributed by atoms with Crippen molar-refractivity contribution in [1.82, 2.24) is 0 Å². The summed E-state index contributed by atoms with van der Waals surface area (Å²) in [4.78, 5) is 30.3. The van der Waals surface area contributed by atoms with E-state index >= 15 is 0 Å². The zero-order valence-electron chi connectivity index (χ0n) is 18.3. The van der Waals surface area contributed by atoms with Crippen molar-refractivity contribution in [2.45, 2.75) is 13.8 Å². The molecule has 1 amide bonds. The molecule has 0 radical (unpaired) electrons. The monoisotopic (exact) mass is 449 g/mol. The number of nitrogens with zero attached hydrogens (tertiary/aromatic N) is 2. The second kappa shape index (κ2) is 10.1. The lowest BCUT2D eigenvalue weighted by Crippen LogP contribution is -2.09. The number of nitrogens with one attached hydrogen (secondary N) is 1. The van der Waals surface area contributed by atoms with Crippen LogP contribution in [-0.2, 0) is 14.4 Å². The lowest BCUT2D eigenvalue weighted by Gasteiger charge is -2.13. The lowest BCUT2D eigenvalue weighted by molar-refractivity contribution is -0.136. The van der Waals surface area contributed by atoms with Crippen molar-refractivity contribution in [1.29, 1.82) is 0 Å². The first kappa shape index (κ1) is 23.0. The molecule has 0 bridgehead atoms. The SMILES string of the molecule is CC(=O)Nc1ccc(C2=NOC(=O)C2=CC=CC=Cc2ccc(N(C)C)cc2C)cc1Cl. The van der Waals surface area contributed by atoms with Crippen LogP contribution in [0.4, 0.5) is 11.4 Å². The fraction of sp³-hybridized carbons (Fsp3) is 0.160. The lowest BCUT2D eigenvalue weighted by atomic mass is 10.0. The molecule has 7 heteroatoms. The molecule has 2 aromatic rings. The van der Waals surface area contributed by atoms with Gasteiger partial charge in [-0.15, -0.1) is 0 Å². The third-order valence-corrected chi connectivity index (χ3v) is 5.09. The summed E-state index contributed by atoms with van der Waals surface area (Å²) in [5.41, 5.74) is 5.24. The number of allylic oxidation sites excluding steroid dienone is 4. The molecule has 32 heavy (non-hydrogen) atoms. The number of hydrogen-bond donors (Lipinski definition) is 1. The highest BCUT2D eigenvalue weighted by molar-refractivity contribution is 6.35. The summed E-state index contributed by atoms with van der Waals surface area (Å²) in [5.74, 6) is -0.759. The van der Waals surface area contributed by atoms with Crippen LogP contribution >= 0.6 is 11.6 Å². The van der Waals surface area contributed by atoms with Gasteiger partial charge in [-0.1, -0.05) is 53.2 Å². The Kier molecular flexibility index (Phi) is 7.28. The van der Waals surface area contributed by atoms with Crippen LogP contribution in [0.15, 0.2) is 71.4 Å². The quantitative estimate of drug-likeness (QED) is 0.377. The first-order valence-electron chi connectivity index (χ1n) is 9.96. The molecule has 1 heterocycles. The third kappa shape index (κ3) is 5.53. The number of carbonyl (C=O) groups excluding carboxylic acids is 2. The summed E-state index contributed by atoms with van der Waals surface area (Å²) < 4.78 is 0. The minimum Gasteiger partial charge on any atom is -0.378 e. The van der Waals surface area contributed by atoms with E-state index in [2.05, 4.69) is 40.5 Å². The van der Waals surface area contributed by atoms with Crippen molar-refractivity contribution in [2.24, 2.45) is 5.16 Å². The minimum atomic E-state index is -0.536. The van der Waals surface area contributed by atoms with Crippen molar-refractivity contribution in [2.75, 3.05) is 24.3 Å². The van der Waals surface area contributed by atoms with E-state index in [1.807, 2.05) is 32.3 Å². The van der Waals surface area contributed by atoms with Crippen molar-refractivity contribution in [3.8, 4) is 0 Å². The van der Waals surface area contributed by atoms with Crippen molar-refractivity contribution in [3.63, 3.8) is 0 Å². The molecule has 1 N–H and O–H groups in total. The first-order chi connectivity index (χ1) is 15.3. The molecule has 3 rings (SSSR count). The number of benzene rings is 2. The Bertz CT molecular complexity index is 1180. The third-order valence-electron chi connectivity index (χ3n) is 4.78. The molecule has 6 nitrogen and oxygen atoms in total. The normalized spacial score (nSPS) is 14.8. The fourth-order valence-electron chi connectivity index (χ4n) is 3.09. The minimum absolute atomic E-state index is 0.223. The molecule has 0 fully saturated rings. The average molecular weight is 450 g/mol. The number of anilines is 2. The molecule has 0 atom stereocenters. The largest absolute Gasteiger partial charge is 0.378 e. The maximum Gasteiger partial charge on any atom is 0.368 e. The van der Waals surface area contributed by atoms with Gasteiger partial charge in [0.25, 0.3) is 0 Å². The van der Waals surface area contributed by atoms with Gasteiger partial charge in [0.2, 0.25) is 5.91 Å². The molecule has 0 saturated carbocycles. The maximum absolute atomic E-state index is 12.1. The molecule has 2 aromatic carbocycles. The van der Waals surface area contributed by atoms with Crippen LogP contribution in [0.1, 0.15) is 23.6 Å². The molecule has 1 aliphatic rings. The van der Waals surface area contributed by atoms with Crippen molar-refractivity contribution in [3.05, 3.63) is 88.0 Å². The van der Waals surface area contributed by atoms with E-state index in [0.717, 1.165) is 11.3 Å². The molecule has 0 unspecified atom stereocenters. The molecule has 0 aliphatic carbocycles. The van der Waals surface area contributed by atoms with Gasteiger partial charge < -0.3 is 15.1 Å². The van der Waals surface area contributed by atoms with Crippen molar-refractivity contribution < 1.29 is 14.4 Å². The zero-order valence-corrected chi connectivity index (χ0v) is 19.1. The van der Waals surface area contributed by atoms with E-state index in [9.17, 15) is 9.59 Å². The summed E-state index contributed by atoms with van der Waals surface area (Å²) in [6.45, 7) is 3.47. The Morgan fingerprint density at radius 2 is 1.91 bits per heavy atom. The standard InChI is InChI=1S/C25H24ClN3O3/c1-16-14-20(29(3)4)12-10-18(16)8-6-5-7-9-21-24(28-32-25(21)31)19-11-13-23(22(26)15-19)27-17(2)30/h5-15H,1-4H3,(H,27,30). The smallest absolute Gasteiger partial charge is 0.368 e. The van der Waals surface area contributed by atoms with Gasteiger partial charge in [0.15, 0.2) is 0 Å². The van der Waals surface area contributed by atoms with Gasteiger partial charge in [-0.25, -0.2) is 4.79 Å². The molecule has 0 saturated heterocycles. The topological polar surface area (TPSA) is 71.0 Å². The summed E-state index contributed by atoms with van der Waals surface area (Å²) in [5, 5.41) is 6.86. The van der Waals surface area contributed by atoms with E-state index in [1.54, 1.807) is 30.4 Å². The average Bonchev–Trinajstić information content (AvgIpc) is 3.10. The second-order valence-electron chi connectivity index (χ2n) is 7.45. The molecule has 0 spiro atoms. The van der Waals surface area contributed by atoms with E-state index in [4.69, 9.17) is 16.4 Å². The van der Waals surface area contributed by atoms with Gasteiger partial charge in [-0.3, -0.25) is 4.79 Å². The highest BCUT2D eigenvalue weighted by Gasteiger charge is 2.26. The molecular weight excluding hydrogens is 426 g/mol. The van der Waals surface area contributed by atoms with E-state index in [0.29, 0.717) is 27.6 Å². The van der Waals surface area contributed by atoms with Gasteiger partial charge in [0.05, 0.1) is 16.3 Å². The van der Waals surface area contributed by atoms with E-state index in [-0.39, 0.29) is 5.91 Å². The molecular formula is C25H24ClN3O3. The van der Waals surface area contributed by atoms with Gasteiger partial charge in [-0.2, -0.15) is 0 Å². The maximum atomic E-state index is 12.1. The van der Waals surface area contributed by atoms with Crippen LogP contribution in [0.5, 0.6) is 0 Å². The zero-order chi connectivity index (χ0) is 23.3. The Morgan fingerprint density at radius 1 is 1.12 bits per heavy atom. The van der Waals surface area contributed by atoms with E-state index < -0.39 is 5.97 Å². The number of hydrogen-bond acceptors (Lipinski definition) is 5. The highest BCUT2D eigenvalue weighted by atomic mass is 35.5. The summed E-state index contributed by atoms with van der Waals surface area (Å²) in [6.07, 6.45) is 9.15. The van der Waals surface area contributed by atoms with Crippen LogP contribution < -0.4 is 10.2 Å². The van der Waals surface area contributed by atoms with Gasteiger partial charge in [0, 0.05) is 32.3 Å². The number of rotatable bonds is 6. The second-order valence-corrected chi connectivity index (χ2v) is 7.86. The number of oxime groups is 1. The summed E-state index contributed by atoms with van der Waals surface area (Å²) >= 11 is 6.24. The highest BCUT2D eigenvalue weighted by Crippen LogP contribution is 2.26. The van der Waals surface area contributed by atoms with E-state index in [1.165, 1.54) is 12.5 Å². The fourth-order valence-corrected chi connectivity index (χ4v) is 3.32. The van der Waals surface area contributed by atoms with Crippen LogP contribution in [0.3, 0.4) is 0 Å². The number of amides is 1. The predicted molar refractivity (Wildman–Crippen MR) is 130 cm³/mol. The molecule has 0 aromatic heterocycles. The number of halogens is 1. The Balaban J connectivity index is 1.75. The van der Waals surface area contributed by atoms with Crippen LogP contribution in [0.2, 0.25) is 5.02 Å². The van der Waals surface area contributed by atoms with Gasteiger partial charge in [-0.05, 0) is 48.4 Å². The van der Waals surface area contributed by atoms with Crippen molar-refractivity contribution >= 4 is 46.6 Å². The van der Waals surface area contributed by atoms with Crippen LogP contribution in [0.25, 0.3) is 6.08 Å². The van der Waals surface area contributed by atoms with Gasteiger partial charge in [0.1, 0.15) is 5.71 Å². The van der Waals surface area contributed by atoms with Crippen LogP contribution in [0, 0.1) is 6.92 Å². The molecule has 1 aliphatic heterocycles. The number of carbonyl (C=O) groups is 2. The predicted octanol–water partition coefficient (Wildman–Crippen LogP) is 5.13. The Morgan fingerprint density at radius 3 is 2.56 bits per heavy atom. The summed E-state index contributed by atoms with van der Waals surface area (Å²) in [7, 11) is 4.02. The first-order valence-corrected chi connectivity index (χ1v) is 10.3. The Labute approximate surface area is 192 Å². The Hall–Kier alpha value is -3.64.